The van der Waals surface area contributed by atoms with Gasteiger partial charge in [-0.05, 0) is 32.8 Å². The lowest BCUT2D eigenvalue weighted by Gasteiger charge is -2.22. The lowest BCUT2D eigenvalue weighted by molar-refractivity contribution is -0.157. The van der Waals surface area contributed by atoms with Crippen molar-refractivity contribution in [1.29, 1.82) is 0 Å². The van der Waals surface area contributed by atoms with E-state index in [0.29, 0.717) is 6.42 Å². The maximum atomic E-state index is 12.0. The molecule has 0 aliphatic heterocycles. The van der Waals surface area contributed by atoms with Crippen LogP contribution in [0.2, 0.25) is 0 Å². The molecule has 17 heavy (non-hydrogen) atoms. The number of benzene rings is 1. The first kappa shape index (κ1) is 12.1. The molecule has 2 N–H and O–H groups in total. The number of carbonyl (C=O) groups excluding carboxylic acids is 1. The molecule has 0 spiro atoms. The van der Waals surface area contributed by atoms with Crippen LogP contribution in [0.3, 0.4) is 0 Å². The molecule has 1 aromatic rings. The van der Waals surface area contributed by atoms with Gasteiger partial charge in [0.25, 0.3) is 0 Å². The number of carbonyl (C=O) groups is 1. The highest BCUT2D eigenvalue weighted by atomic mass is 16.6. The molecule has 0 amide bonds. The zero-order valence-electron chi connectivity index (χ0n) is 10.6. The molecular weight excluding hydrogens is 214 g/mol. The fourth-order valence-corrected chi connectivity index (χ4v) is 1.98. The van der Waals surface area contributed by atoms with Gasteiger partial charge in [-0.2, -0.15) is 0 Å². The van der Waals surface area contributed by atoms with Crippen LogP contribution in [0.4, 0.5) is 0 Å². The summed E-state index contributed by atoms with van der Waals surface area (Å²) in [5, 5.41) is 0. The standard InChI is InChI=1S/C14H19NO2/c1-13(2,3)17-12(16)14(15)9-11(14)10-7-5-4-6-8-10/h4-8,11H,9,15H2,1-3H3. The first-order chi connectivity index (χ1) is 7.83. The summed E-state index contributed by atoms with van der Waals surface area (Å²) in [4.78, 5) is 12.0. The number of rotatable bonds is 2. The van der Waals surface area contributed by atoms with Crippen LogP contribution < -0.4 is 5.73 Å². The van der Waals surface area contributed by atoms with E-state index in [0.717, 1.165) is 5.56 Å². The summed E-state index contributed by atoms with van der Waals surface area (Å²) in [5.41, 5.74) is 5.91. The highest BCUT2D eigenvalue weighted by Crippen LogP contribution is 2.50. The van der Waals surface area contributed by atoms with Crippen LogP contribution >= 0.6 is 0 Å². The van der Waals surface area contributed by atoms with Gasteiger partial charge < -0.3 is 10.5 Å². The Kier molecular flexibility index (Phi) is 2.74. The molecular formula is C14H19NO2. The highest BCUT2D eigenvalue weighted by Gasteiger charge is 2.59. The Balaban J connectivity index is 2.07. The number of esters is 1. The predicted octanol–water partition coefficient (Wildman–Crippen LogP) is 2.21. The minimum atomic E-state index is -0.825. The second-order valence-corrected chi connectivity index (χ2v) is 5.71. The molecule has 1 saturated carbocycles. The Hall–Kier alpha value is -1.35. The van der Waals surface area contributed by atoms with Crippen LogP contribution in [0, 0.1) is 0 Å². The van der Waals surface area contributed by atoms with Crippen molar-refractivity contribution in [3.05, 3.63) is 35.9 Å². The summed E-state index contributed by atoms with van der Waals surface area (Å²) in [6.07, 6.45) is 0.673. The molecule has 1 aliphatic carbocycles. The van der Waals surface area contributed by atoms with E-state index >= 15 is 0 Å². The van der Waals surface area contributed by atoms with Crippen molar-refractivity contribution in [3.63, 3.8) is 0 Å². The minimum absolute atomic E-state index is 0.0959. The number of hydrogen-bond acceptors (Lipinski definition) is 3. The van der Waals surface area contributed by atoms with Gasteiger partial charge in [0.05, 0.1) is 0 Å². The first-order valence-electron chi connectivity index (χ1n) is 5.90. The first-order valence-corrected chi connectivity index (χ1v) is 5.90. The molecule has 92 valence electrons. The van der Waals surface area contributed by atoms with Gasteiger partial charge in [-0.3, -0.25) is 4.79 Å². The molecule has 2 atom stereocenters. The van der Waals surface area contributed by atoms with Crippen LogP contribution in [-0.2, 0) is 9.53 Å². The molecule has 3 nitrogen and oxygen atoms in total. The molecule has 0 aromatic heterocycles. The molecule has 2 rings (SSSR count). The molecule has 3 heteroatoms. The van der Waals surface area contributed by atoms with Crippen molar-refractivity contribution in [2.24, 2.45) is 5.73 Å². The Morgan fingerprint density at radius 3 is 2.47 bits per heavy atom. The van der Waals surface area contributed by atoms with Crippen LogP contribution in [0.25, 0.3) is 0 Å². The summed E-state index contributed by atoms with van der Waals surface area (Å²) in [7, 11) is 0. The number of nitrogens with two attached hydrogens (primary N) is 1. The van der Waals surface area contributed by atoms with E-state index in [1.165, 1.54) is 0 Å². The summed E-state index contributed by atoms with van der Waals surface area (Å²) in [6.45, 7) is 5.57. The fraction of sp³-hybridized carbons (Fsp3) is 0.500. The van der Waals surface area contributed by atoms with Gasteiger partial charge in [-0.25, -0.2) is 0 Å². The average molecular weight is 233 g/mol. The Morgan fingerprint density at radius 2 is 1.94 bits per heavy atom. The second kappa shape index (κ2) is 3.84. The van der Waals surface area contributed by atoms with Crippen molar-refractivity contribution < 1.29 is 9.53 Å². The van der Waals surface area contributed by atoms with Crippen LogP contribution in [-0.4, -0.2) is 17.1 Å². The SMILES string of the molecule is CC(C)(C)OC(=O)C1(N)CC1c1ccccc1. The molecule has 0 heterocycles. The average Bonchev–Trinajstić information content (AvgIpc) is 2.91. The van der Waals surface area contributed by atoms with Crippen molar-refractivity contribution in [2.75, 3.05) is 0 Å². The summed E-state index contributed by atoms with van der Waals surface area (Å²) >= 11 is 0. The van der Waals surface area contributed by atoms with Gasteiger partial charge in [0.1, 0.15) is 11.1 Å². The molecule has 1 aliphatic rings. The molecule has 0 bridgehead atoms. The largest absolute Gasteiger partial charge is 0.459 e. The van der Waals surface area contributed by atoms with Crippen LogP contribution in [0.1, 0.15) is 38.7 Å². The predicted molar refractivity (Wildman–Crippen MR) is 66.6 cm³/mol. The van der Waals surface area contributed by atoms with Crippen molar-refractivity contribution in [1.82, 2.24) is 0 Å². The Bertz CT molecular complexity index is 422. The van der Waals surface area contributed by atoms with E-state index in [1.54, 1.807) is 0 Å². The fourth-order valence-electron chi connectivity index (χ4n) is 1.98. The lowest BCUT2D eigenvalue weighted by atomic mass is 10.1. The molecule has 0 saturated heterocycles. The van der Waals surface area contributed by atoms with Crippen molar-refractivity contribution >= 4 is 5.97 Å². The third kappa shape index (κ3) is 2.50. The number of hydrogen-bond donors (Lipinski definition) is 1. The normalized spacial score (nSPS) is 27.6. The maximum absolute atomic E-state index is 12.0. The lowest BCUT2D eigenvalue weighted by Crippen LogP contribution is -2.40. The molecule has 2 unspecified atom stereocenters. The Labute approximate surface area is 102 Å². The smallest absolute Gasteiger partial charge is 0.327 e. The minimum Gasteiger partial charge on any atom is -0.459 e. The molecule has 1 fully saturated rings. The summed E-state index contributed by atoms with van der Waals surface area (Å²) < 4.78 is 5.35. The van der Waals surface area contributed by atoms with E-state index in [9.17, 15) is 4.79 Å². The third-order valence-electron chi connectivity index (χ3n) is 2.98. The van der Waals surface area contributed by atoms with E-state index < -0.39 is 11.1 Å². The second-order valence-electron chi connectivity index (χ2n) is 5.71. The van der Waals surface area contributed by atoms with Gasteiger partial charge in [0, 0.05) is 5.92 Å². The van der Waals surface area contributed by atoms with Gasteiger partial charge >= 0.3 is 5.97 Å². The third-order valence-corrected chi connectivity index (χ3v) is 2.98. The highest BCUT2D eigenvalue weighted by molar-refractivity contribution is 5.87. The topological polar surface area (TPSA) is 52.3 Å². The molecule has 1 aromatic carbocycles. The van der Waals surface area contributed by atoms with Gasteiger partial charge in [-0.15, -0.1) is 0 Å². The van der Waals surface area contributed by atoms with Gasteiger partial charge in [0.2, 0.25) is 0 Å². The van der Waals surface area contributed by atoms with Crippen molar-refractivity contribution in [2.45, 2.75) is 44.2 Å². The molecule has 0 radical (unpaired) electrons. The van der Waals surface area contributed by atoms with Gasteiger partial charge in [-0.1, -0.05) is 30.3 Å². The van der Waals surface area contributed by atoms with E-state index in [2.05, 4.69) is 0 Å². The van der Waals surface area contributed by atoms with E-state index in [1.807, 2.05) is 51.1 Å². The summed E-state index contributed by atoms with van der Waals surface area (Å²) in [6, 6.07) is 9.89. The Morgan fingerprint density at radius 1 is 1.35 bits per heavy atom. The monoisotopic (exact) mass is 233 g/mol. The zero-order valence-corrected chi connectivity index (χ0v) is 10.6. The van der Waals surface area contributed by atoms with E-state index in [4.69, 9.17) is 10.5 Å². The van der Waals surface area contributed by atoms with E-state index in [-0.39, 0.29) is 11.9 Å². The van der Waals surface area contributed by atoms with Crippen molar-refractivity contribution in [3.8, 4) is 0 Å². The van der Waals surface area contributed by atoms with Crippen LogP contribution in [0.5, 0.6) is 0 Å². The van der Waals surface area contributed by atoms with Gasteiger partial charge in [0.15, 0.2) is 0 Å². The maximum Gasteiger partial charge on any atom is 0.327 e. The number of ether oxygens (including phenoxy) is 1. The zero-order chi connectivity index (χ0) is 12.7. The van der Waals surface area contributed by atoms with Crippen LogP contribution in [0.15, 0.2) is 30.3 Å². The quantitative estimate of drug-likeness (QED) is 0.797. The summed E-state index contributed by atoms with van der Waals surface area (Å²) in [5.74, 6) is -0.197.